The molecule has 0 unspecified atom stereocenters. The third kappa shape index (κ3) is 3.45. The predicted octanol–water partition coefficient (Wildman–Crippen LogP) is 4.31. The summed E-state index contributed by atoms with van der Waals surface area (Å²) in [6.45, 7) is 0.390. The van der Waals surface area contributed by atoms with Crippen LogP contribution >= 0.6 is 12.4 Å². The minimum atomic E-state index is -4.54. The lowest BCUT2D eigenvalue weighted by Gasteiger charge is -2.39. The maximum Gasteiger partial charge on any atom is 0.416 e. The molecule has 1 N–H and O–H groups in total. The van der Waals surface area contributed by atoms with Crippen LogP contribution in [-0.2, 0) is 11.6 Å². The molecular weight excluding hydrogens is 320 g/mol. The van der Waals surface area contributed by atoms with Crippen LogP contribution in [0.3, 0.4) is 0 Å². The fourth-order valence-corrected chi connectivity index (χ4v) is 2.57. The van der Waals surface area contributed by atoms with E-state index in [1.54, 1.807) is 0 Å². The highest BCUT2D eigenvalue weighted by atomic mass is 35.5. The summed E-state index contributed by atoms with van der Waals surface area (Å²) in [5, 5.41) is 2.84. The molecule has 1 heterocycles. The minimum absolute atomic E-state index is 0. The van der Waals surface area contributed by atoms with E-state index in [4.69, 9.17) is 0 Å². The summed E-state index contributed by atoms with van der Waals surface area (Å²) in [5.41, 5.74) is -3.09. The van der Waals surface area contributed by atoms with Crippen molar-refractivity contribution >= 4 is 12.4 Å². The number of nitrogens with one attached hydrogen (secondary N) is 1. The zero-order valence-corrected chi connectivity index (χ0v) is 11.6. The maximum absolute atomic E-state index is 13.4. The number of rotatable bonds is 1. The predicted molar refractivity (Wildman–Crippen MR) is 68.5 cm³/mol. The van der Waals surface area contributed by atoms with Gasteiger partial charge in [-0.25, -0.2) is 0 Å². The molecule has 120 valence electrons. The standard InChI is InChI=1S/C13H13F6N.ClH/c14-12(15,16)10-3-1-9(2-4-10)11(13(17,18)19)5-7-20-8-6-11;/h1-4,20H,5-8H2;1H. The third-order valence-electron chi connectivity index (χ3n) is 3.76. The Hall–Kier alpha value is -0.950. The average molecular weight is 334 g/mol. The number of hydrogen-bond donors (Lipinski definition) is 1. The molecule has 1 saturated heterocycles. The molecule has 0 spiro atoms. The lowest BCUT2D eigenvalue weighted by atomic mass is 9.72. The van der Waals surface area contributed by atoms with Gasteiger partial charge < -0.3 is 5.32 Å². The van der Waals surface area contributed by atoms with Crippen LogP contribution in [0.4, 0.5) is 26.3 Å². The van der Waals surface area contributed by atoms with Crippen LogP contribution in [0, 0.1) is 0 Å². The molecule has 2 rings (SSSR count). The Morgan fingerprint density at radius 1 is 0.857 bits per heavy atom. The van der Waals surface area contributed by atoms with E-state index in [0.717, 1.165) is 12.1 Å². The average Bonchev–Trinajstić information content (AvgIpc) is 2.37. The zero-order chi connectivity index (χ0) is 15.0. The first-order valence-electron chi connectivity index (χ1n) is 6.12. The highest BCUT2D eigenvalue weighted by Crippen LogP contribution is 2.47. The topological polar surface area (TPSA) is 12.0 Å². The number of halogens is 7. The van der Waals surface area contributed by atoms with E-state index in [2.05, 4.69) is 5.32 Å². The van der Waals surface area contributed by atoms with E-state index < -0.39 is 23.3 Å². The molecule has 1 aliphatic rings. The Morgan fingerprint density at radius 2 is 1.33 bits per heavy atom. The minimum Gasteiger partial charge on any atom is -0.317 e. The van der Waals surface area contributed by atoms with Crippen molar-refractivity contribution in [2.24, 2.45) is 0 Å². The molecule has 21 heavy (non-hydrogen) atoms. The lowest BCUT2D eigenvalue weighted by molar-refractivity contribution is -0.197. The fraction of sp³-hybridized carbons (Fsp3) is 0.538. The van der Waals surface area contributed by atoms with Gasteiger partial charge in [-0.05, 0) is 43.6 Å². The normalized spacial score (nSPS) is 19.0. The van der Waals surface area contributed by atoms with Crippen molar-refractivity contribution in [2.45, 2.75) is 30.6 Å². The molecule has 1 nitrogen and oxygen atoms in total. The van der Waals surface area contributed by atoms with E-state index in [1.807, 2.05) is 0 Å². The Balaban J connectivity index is 0.00000220. The van der Waals surface area contributed by atoms with Gasteiger partial charge in [0.1, 0.15) is 0 Å². The molecule has 0 amide bonds. The number of benzene rings is 1. The monoisotopic (exact) mass is 333 g/mol. The molecular formula is C13H14ClF6N. The van der Waals surface area contributed by atoms with Gasteiger partial charge in [-0.1, -0.05) is 12.1 Å². The molecule has 1 aromatic rings. The Labute approximate surface area is 124 Å². The van der Waals surface area contributed by atoms with Gasteiger partial charge in [0, 0.05) is 0 Å². The summed E-state index contributed by atoms with van der Waals surface area (Å²) in [7, 11) is 0. The van der Waals surface area contributed by atoms with Crippen LogP contribution in [-0.4, -0.2) is 19.3 Å². The lowest BCUT2D eigenvalue weighted by Crippen LogP contribution is -2.49. The number of piperidine rings is 1. The molecule has 0 atom stereocenters. The van der Waals surface area contributed by atoms with E-state index in [9.17, 15) is 26.3 Å². The van der Waals surface area contributed by atoms with Gasteiger partial charge in [-0.15, -0.1) is 12.4 Å². The second kappa shape index (κ2) is 6.04. The SMILES string of the molecule is Cl.FC(F)(F)c1ccc(C2(C(F)(F)F)CCNCC2)cc1. The summed E-state index contributed by atoms with van der Waals surface area (Å²) in [5.74, 6) is 0. The van der Waals surface area contributed by atoms with Crippen molar-refractivity contribution < 1.29 is 26.3 Å². The van der Waals surface area contributed by atoms with Crippen LogP contribution < -0.4 is 5.32 Å². The van der Waals surface area contributed by atoms with Crippen molar-refractivity contribution in [2.75, 3.05) is 13.1 Å². The van der Waals surface area contributed by atoms with Crippen molar-refractivity contribution in [1.82, 2.24) is 5.32 Å². The third-order valence-corrected chi connectivity index (χ3v) is 3.76. The molecule has 0 saturated carbocycles. The summed E-state index contributed by atoms with van der Waals surface area (Å²) in [4.78, 5) is 0. The second-order valence-electron chi connectivity index (χ2n) is 4.90. The first-order chi connectivity index (χ1) is 9.17. The van der Waals surface area contributed by atoms with Gasteiger partial charge in [-0.2, -0.15) is 26.3 Å². The molecule has 0 bridgehead atoms. The van der Waals surface area contributed by atoms with Crippen LogP contribution in [0.5, 0.6) is 0 Å². The quantitative estimate of drug-likeness (QED) is 0.755. The van der Waals surface area contributed by atoms with E-state index >= 15 is 0 Å². The molecule has 0 aromatic heterocycles. The van der Waals surface area contributed by atoms with Crippen LogP contribution in [0.25, 0.3) is 0 Å². The van der Waals surface area contributed by atoms with E-state index in [1.165, 1.54) is 0 Å². The molecule has 1 aliphatic heterocycles. The highest BCUT2D eigenvalue weighted by molar-refractivity contribution is 5.85. The van der Waals surface area contributed by atoms with Crippen LogP contribution in [0.1, 0.15) is 24.0 Å². The van der Waals surface area contributed by atoms with Gasteiger partial charge in [0.05, 0.1) is 11.0 Å². The molecule has 1 aromatic carbocycles. The Morgan fingerprint density at radius 3 is 1.71 bits per heavy atom. The Kier molecular flexibility index (Phi) is 5.21. The van der Waals surface area contributed by atoms with Gasteiger partial charge in [0.25, 0.3) is 0 Å². The van der Waals surface area contributed by atoms with Crippen molar-refractivity contribution in [3.63, 3.8) is 0 Å². The Bertz CT molecular complexity index is 459. The van der Waals surface area contributed by atoms with Crippen molar-refractivity contribution in [3.8, 4) is 0 Å². The summed E-state index contributed by atoms with van der Waals surface area (Å²) >= 11 is 0. The highest BCUT2D eigenvalue weighted by Gasteiger charge is 2.55. The van der Waals surface area contributed by atoms with Crippen LogP contribution in [0.15, 0.2) is 24.3 Å². The first kappa shape index (κ1) is 18.1. The summed E-state index contributed by atoms with van der Waals surface area (Å²) < 4.78 is 77.5. The van der Waals surface area contributed by atoms with Gasteiger partial charge in [0.15, 0.2) is 0 Å². The number of alkyl halides is 6. The zero-order valence-electron chi connectivity index (χ0n) is 10.8. The largest absolute Gasteiger partial charge is 0.416 e. The molecule has 8 heteroatoms. The molecule has 1 fully saturated rings. The van der Waals surface area contributed by atoms with Crippen molar-refractivity contribution in [3.05, 3.63) is 35.4 Å². The second-order valence-corrected chi connectivity index (χ2v) is 4.90. The maximum atomic E-state index is 13.4. The van der Waals surface area contributed by atoms with E-state index in [-0.39, 0.29) is 43.9 Å². The van der Waals surface area contributed by atoms with Gasteiger partial charge in [0.2, 0.25) is 0 Å². The smallest absolute Gasteiger partial charge is 0.317 e. The van der Waals surface area contributed by atoms with Crippen LogP contribution in [0.2, 0.25) is 0 Å². The van der Waals surface area contributed by atoms with E-state index in [0.29, 0.717) is 12.1 Å². The first-order valence-corrected chi connectivity index (χ1v) is 6.12. The van der Waals surface area contributed by atoms with Gasteiger partial charge >= 0.3 is 12.4 Å². The fourth-order valence-electron chi connectivity index (χ4n) is 2.57. The van der Waals surface area contributed by atoms with Gasteiger partial charge in [-0.3, -0.25) is 0 Å². The van der Waals surface area contributed by atoms with Crippen molar-refractivity contribution in [1.29, 1.82) is 0 Å². The molecule has 0 aliphatic carbocycles. The molecule has 0 radical (unpaired) electrons. The summed E-state index contributed by atoms with van der Waals surface area (Å²) in [6.07, 6.45) is -9.35. The number of hydrogen-bond acceptors (Lipinski definition) is 1. The summed E-state index contributed by atoms with van der Waals surface area (Å²) in [6, 6.07) is 3.32.